The van der Waals surface area contributed by atoms with Crippen molar-refractivity contribution in [3.05, 3.63) is 0 Å². The van der Waals surface area contributed by atoms with Gasteiger partial charge in [0, 0.05) is 18.8 Å². The van der Waals surface area contributed by atoms with Crippen LogP contribution in [0.25, 0.3) is 0 Å². The Hall–Kier alpha value is -0.0800. The van der Waals surface area contributed by atoms with Gasteiger partial charge in [-0.25, -0.2) is 0 Å². The molecule has 3 atom stereocenters. The third-order valence-electron chi connectivity index (χ3n) is 3.46. The van der Waals surface area contributed by atoms with E-state index in [2.05, 4.69) is 6.92 Å². The van der Waals surface area contributed by atoms with Crippen LogP contribution in [0.15, 0.2) is 0 Å². The number of hydrogen-bond acceptors (Lipinski definition) is 2. The van der Waals surface area contributed by atoms with E-state index in [1.165, 1.54) is 25.7 Å². The highest BCUT2D eigenvalue weighted by atomic mass is 16.5. The summed E-state index contributed by atoms with van der Waals surface area (Å²) in [6.07, 6.45) is 4.94. The predicted octanol–water partition coefficient (Wildman–Crippen LogP) is 1.54. The monoisotopic (exact) mass is 169 g/mol. The molecular weight excluding hydrogens is 150 g/mol. The van der Waals surface area contributed by atoms with Crippen LogP contribution in [-0.2, 0) is 4.74 Å². The van der Waals surface area contributed by atoms with Crippen LogP contribution in [0.1, 0.15) is 32.6 Å². The van der Waals surface area contributed by atoms with Gasteiger partial charge in [-0.1, -0.05) is 13.3 Å². The van der Waals surface area contributed by atoms with E-state index in [-0.39, 0.29) is 5.54 Å². The summed E-state index contributed by atoms with van der Waals surface area (Å²) in [6, 6.07) is 0. The smallest absolute Gasteiger partial charge is 0.0495 e. The fourth-order valence-corrected chi connectivity index (χ4v) is 2.48. The Kier molecular flexibility index (Phi) is 2.13. The molecule has 12 heavy (non-hydrogen) atoms. The standard InChI is InChI=1S/C10H19NO/c1-2-9-6-10(9,11)5-8-3-4-12-7-8/h8-9H,2-7,11H2,1H3. The van der Waals surface area contributed by atoms with Gasteiger partial charge in [0.2, 0.25) is 0 Å². The summed E-state index contributed by atoms with van der Waals surface area (Å²) in [5.74, 6) is 1.56. The van der Waals surface area contributed by atoms with Gasteiger partial charge in [-0.05, 0) is 31.1 Å². The van der Waals surface area contributed by atoms with Crippen LogP contribution in [0.4, 0.5) is 0 Å². The molecule has 70 valence electrons. The average Bonchev–Trinajstić information content (AvgIpc) is 2.48. The number of rotatable bonds is 3. The van der Waals surface area contributed by atoms with E-state index in [4.69, 9.17) is 10.5 Å². The van der Waals surface area contributed by atoms with Crippen LogP contribution in [0.5, 0.6) is 0 Å². The molecule has 0 bridgehead atoms. The average molecular weight is 169 g/mol. The van der Waals surface area contributed by atoms with E-state index in [9.17, 15) is 0 Å². The molecule has 1 aliphatic carbocycles. The summed E-state index contributed by atoms with van der Waals surface area (Å²) >= 11 is 0. The van der Waals surface area contributed by atoms with Crippen LogP contribution in [0.2, 0.25) is 0 Å². The quantitative estimate of drug-likeness (QED) is 0.695. The van der Waals surface area contributed by atoms with Crippen molar-refractivity contribution in [2.24, 2.45) is 17.6 Å². The summed E-state index contributed by atoms with van der Waals surface area (Å²) in [5, 5.41) is 0. The van der Waals surface area contributed by atoms with Gasteiger partial charge >= 0.3 is 0 Å². The van der Waals surface area contributed by atoms with E-state index >= 15 is 0 Å². The molecule has 2 rings (SSSR count). The van der Waals surface area contributed by atoms with Gasteiger partial charge in [0.15, 0.2) is 0 Å². The lowest BCUT2D eigenvalue weighted by Crippen LogP contribution is -2.28. The fourth-order valence-electron chi connectivity index (χ4n) is 2.48. The van der Waals surface area contributed by atoms with E-state index in [0.717, 1.165) is 25.0 Å². The Labute approximate surface area is 74.5 Å². The van der Waals surface area contributed by atoms with E-state index in [1.54, 1.807) is 0 Å². The van der Waals surface area contributed by atoms with Crippen molar-refractivity contribution < 1.29 is 4.74 Å². The maximum Gasteiger partial charge on any atom is 0.0495 e. The molecule has 2 fully saturated rings. The lowest BCUT2D eigenvalue weighted by atomic mass is 9.96. The minimum atomic E-state index is 0.202. The van der Waals surface area contributed by atoms with Gasteiger partial charge in [-0.15, -0.1) is 0 Å². The number of hydrogen-bond donors (Lipinski definition) is 1. The third-order valence-corrected chi connectivity index (χ3v) is 3.46. The topological polar surface area (TPSA) is 35.2 Å². The third kappa shape index (κ3) is 1.50. The first-order valence-corrected chi connectivity index (χ1v) is 5.11. The first-order valence-electron chi connectivity index (χ1n) is 5.11. The lowest BCUT2D eigenvalue weighted by molar-refractivity contribution is 0.181. The van der Waals surface area contributed by atoms with Gasteiger partial charge in [0.1, 0.15) is 0 Å². The molecule has 1 aliphatic heterocycles. The highest BCUT2D eigenvalue weighted by Crippen LogP contribution is 2.48. The van der Waals surface area contributed by atoms with Gasteiger partial charge in [-0.2, -0.15) is 0 Å². The molecule has 0 spiro atoms. The van der Waals surface area contributed by atoms with Crippen molar-refractivity contribution in [3.63, 3.8) is 0 Å². The highest BCUT2D eigenvalue weighted by Gasteiger charge is 2.50. The molecule has 2 aliphatic rings. The van der Waals surface area contributed by atoms with Crippen LogP contribution in [0, 0.1) is 11.8 Å². The van der Waals surface area contributed by atoms with E-state index in [1.807, 2.05) is 0 Å². The summed E-state index contributed by atoms with van der Waals surface area (Å²) in [5.41, 5.74) is 6.43. The van der Waals surface area contributed by atoms with Gasteiger partial charge in [0.25, 0.3) is 0 Å². The van der Waals surface area contributed by atoms with Crippen molar-refractivity contribution in [3.8, 4) is 0 Å². The Morgan fingerprint density at radius 1 is 1.58 bits per heavy atom. The van der Waals surface area contributed by atoms with E-state index < -0.39 is 0 Å². The summed E-state index contributed by atoms with van der Waals surface area (Å²) in [4.78, 5) is 0. The lowest BCUT2D eigenvalue weighted by Gasteiger charge is -2.14. The van der Waals surface area contributed by atoms with Crippen molar-refractivity contribution in [2.75, 3.05) is 13.2 Å². The molecular formula is C10H19NO. The highest BCUT2D eigenvalue weighted by molar-refractivity contribution is 5.07. The normalized spacial score (nSPS) is 46.5. The summed E-state index contributed by atoms with van der Waals surface area (Å²) in [6.45, 7) is 4.15. The van der Waals surface area contributed by atoms with E-state index in [0.29, 0.717) is 0 Å². The number of ether oxygens (including phenoxy) is 1. The van der Waals surface area contributed by atoms with Crippen molar-refractivity contribution in [1.29, 1.82) is 0 Å². The second kappa shape index (κ2) is 3.00. The molecule has 0 amide bonds. The maximum atomic E-state index is 6.23. The Bertz CT molecular complexity index is 165. The van der Waals surface area contributed by atoms with Crippen LogP contribution >= 0.6 is 0 Å². The van der Waals surface area contributed by atoms with Gasteiger partial charge < -0.3 is 10.5 Å². The van der Waals surface area contributed by atoms with Gasteiger partial charge in [0.05, 0.1) is 0 Å². The largest absolute Gasteiger partial charge is 0.381 e. The minimum Gasteiger partial charge on any atom is -0.381 e. The molecule has 2 heteroatoms. The fraction of sp³-hybridized carbons (Fsp3) is 1.00. The summed E-state index contributed by atoms with van der Waals surface area (Å²) in [7, 11) is 0. The Balaban J connectivity index is 1.79. The molecule has 0 aromatic heterocycles. The maximum absolute atomic E-state index is 6.23. The molecule has 1 heterocycles. The van der Waals surface area contributed by atoms with Crippen LogP contribution < -0.4 is 5.73 Å². The minimum absolute atomic E-state index is 0.202. The molecule has 0 aromatic carbocycles. The molecule has 3 unspecified atom stereocenters. The Morgan fingerprint density at radius 2 is 2.42 bits per heavy atom. The van der Waals surface area contributed by atoms with Crippen LogP contribution in [0.3, 0.4) is 0 Å². The number of nitrogens with two attached hydrogens (primary N) is 1. The zero-order valence-electron chi connectivity index (χ0n) is 7.88. The molecule has 2 nitrogen and oxygen atoms in total. The van der Waals surface area contributed by atoms with Crippen molar-refractivity contribution in [1.82, 2.24) is 0 Å². The second-order valence-corrected chi connectivity index (χ2v) is 4.48. The van der Waals surface area contributed by atoms with Crippen molar-refractivity contribution in [2.45, 2.75) is 38.1 Å². The van der Waals surface area contributed by atoms with Gasteiger partial charge in [-0.3, -0.25) is 0 Å². The van der Waals surface area contributed by atoms with Crippen molar-refractivity contribution >= 4 is 0 Å². The zero-order valence-corrected chi connectivity index (χ0v) is 7.88. The zero-order chi connectivity index (χ0) is 8.60. The first kappa shape index (κ1) is 8.52. The molecule has 1 saturated heterocycles. The molecule has 2 N–H and O–H groups in total. The molecule has 0 aromatic rings. The molecule has 1 saturated carbocycles. The predicted molar refractivity (Wildman–Crippen MR) is 48.9 cm³/mol. The molecule has 0 radical (unpaired) electrons. The second-order valence-electron chi connectivity index (χ2n) is 4.48. The SMILES string of the molecule is CCC1CC1(N)CC1CCOC1. The first-order chi connectivity index (χ1) is 5.74. The van der Waals surface area contributed by atoms with Crippen LogP contribution in [-0.4, -0.2) is 18.8 Å². The summed E-state index contributed by atoms with van der Waals surface area (Å²) < 4.78 is 5.34. The Morgan fingerprint density at radius 3 is 2.92 bits per heavy atom.